The summed E-state index contributed by atoms with van der Waals surface area (Å²) in [6, 6.07) is 0. The van der Waals surface area contributed by atoms with E-state index in [1.54, 1.807) is 6.92 Å². The number of rotatable bonds is 4. The number of carbonyl (C=O) groups excluding carboxylic acids is 1. The van der Waals surface area contributed by atoms with Gasteiger partial charge in [-0.05, 0) is 19.4 Å². The van der Waals surface area contributed by atoms with Crippen LogP contribution in [-0.2, 0) is 11.3 Å². The van der Waals surface area contributed by atoms with Crippen LogP contribution in [0.3, 0.4) is 0 Å². The summed E-state index contributed by atoms with van der Waals surface area (Å²) in [5, 5.41) is 1.15. The third-order valence-electron chi connectivity index (χ3n) is 2.76. The van der Waals surface area contributed by atoms with E-state index in [0.29, 0.717) is 29.0 Å². The normalized spacial score (nSPS) is 11.3. The highest BCUT2D eigenvalue weighted by Crippen LogP contribution is 2.33. The smallest absolute Gasteiger partial charge is 0.348 e. The lowest BCUT2D eigenvalue weighted by Crippen LogP contribution is -3.04. The van der Waals surface area contributed by atoms with Gasteiger partial charge in [0.05, 0.1) is 26.1 Å². The van der Waals surface area contributed by atoms with E-state index in [-0.39, 0.29) is 5.97 Å². The molecule has 0 saturated heterocycles. The Balaban J connectivity index is 2.53. The molecule has 108 valence electrons. The van der Waals surface area contributed by atoms with Crippen LogP contribution in [0.1, 0.15) is 28.0 Å². The van der Waals surface area contributed by atoms with Crippen molar-refractivity contribution in [3.63, 3.8) is 0 Å². The molecular weight excluding hydrogens is 298 g/mol. The molecule has 2 heterocycles. The molecule has 0 radical (unpaired) electrons. The van der Waals surface area contributed by atoms with Crippen LogP contribution in [0.2, 0.25) is 5.15 Å². The van der Waals surface area contributed by atoms with Crippen LogP contribution in [-0.4, -0.2) is 36.6 Å². The molecule has 2 rings (SSSR count). The molecule has 7 heteroatoms. The van der Waals surface area contributed by atoms with Gasteiger partial charge in [-0.15, -0.1) is 11.3 Å². The summed E-state index contributed by atoms with van der Waals surface area (Å²) in [5.74, 6) is 0.350. The zero-order valence-electron chi connectivity index (χ0n) is 11.9. The Labute approximate surface area is 126 Å². The van der Waals surface area contributed by atoms with Gasteiger partial charge in [0, 0.05) is 0 Å². The Morgan fingerprint density at radius 3 is 2.70 bits per heavy atom. The van der Waals surface area contributed by atoms with Crippen LogP contribution in [0.4, 0.5) is 0 Å². The van der Waals surface area contributed by atoms with Crippen molar-refractivity contribution >= 4 is 39.1 Å². The molecule has 0 bridgehead atoms. The molecule has 0 amide bonds. The van der Waals surface area contributed by atoms with Crippen molar-refractivity contribution in [1.82, 2.24) is 9.97 Å². The largest absolute Gasteiger partial charge is 0.462 e. The van der Waals surface area contributed by atoms with Gasteiger partial charge in [-0.3, -0.25) is 0 Å². The minimum atomic E-state index is -0.330. The fourth-order valence-corrected chi connectivity index (χ4v) is 3.40. The van der Waals surface area contributed by atoms with E-state index in [1.807, 2.05) is 21.0 Å². The van der Waals surface area contributed by atoms with Gasteiger partial charge in [0.1, 0.15) is 21.4 Å². The molecule has 0 spiro atoms. The van der Waals surface area contributed by atoms with Crippen LogP contribution in [0.15, 0.2) is 0 Å². The topological polar surface area (TPSA) is 56.5 Å². The first-order chi connectivity index (χ1) is 9.43. The third-order valence-corrected chi connectivity index (χ3v) is 4.20. The van der Waals surface area contributed by atoms with Crippen molar-refractivity contribution in [2.75, 3.05) is 20.7 Å². The third kappa shape index (κ3) is 2.92. The Morgan fingerprint density at radius 1 is 1.40 bits per heavy atom. The Morgan fingerprint density at radius 2 is 2.10 bits per heavy atom. The molecule has 2 aromatic heterocycles. The summed E-state index contributed by atoms with van der Waals surface area (Å²) < 4.78 is 5.05. The average molecular weight is 315 g/mol. The maximum absolute atomic E-state index is 11.9. The molecular formula is C13H17ClN3O2S+. The molecule has 0 saturated carbocycles. The minimum absolute atomic E-state index is 0.330. The van der Waals surface area contributed by atoms with Gasteiger partial charge in [0.2, 0.25) is 0 Å². The van der Waals surface area contributed by atoms with E-state index in [1.165, 1.54) is 16.2 Å². The molecule has 2 aromatic rings. The number of aryl methyl sites for hydroxylation is 1. The molecule has 0 aliphatic rings. The van der Waals surface area contributed by atoms with Crippen molar-refractivity contribution in [1.29, 1.82) is 0 Å². The Hall–Kier alpha value is -1.24. The summed E-state index contributed by atoms with van der Waals surface area (Å²) in [5.41, 5.74) is 0.789. The summed E-state index contributed by atoms with van der Waals surface area (Å²) in [7, 11) is 4.04. The average Bonchev–Trinajstić information content (AvgIpc) is 2.66. The first-order valence-electron chi connectivity index (χ1n) is 6.35. The van der Waals surface area contributed by atoms with Crippen LogP contribution < -0.4 is 4.90 Å². The first-order valence-corrected chi connectivity index (χ1v) is 7.55. The van der Waals surface area contributed by atoms with E-state index < -0.39 is 0 Å². The van der Waals surface area contributed by atoms with Gasteiger partial charge < -0.3 is 9.64 Å². The highest BCUT2D eigenvalue weighted by molar-refractivity contribution is 7.20. The number of carbonyl (C=O) groups is 1. The number of hydrogen-bond donors (Lipinski definition) is 1. The molecule has 20 heavy (non-hydrogen) atoms. The molecule has 0 aliphatic carbocycles. The van der Waals surface area contributed by atoms with E-state index in [2.05, 4.69) is 9.97 Å². The monoisotopic (exact) mass is 314 g/mol. The number of nitrogens with one attached hydrogen (secondary N) is 1. The van der Waals surface area contributed by atoms with Crippen LogP contribution >= 0.6 is 22.9 Å². The maximum atomic E-state index is 11.9. The predicted molar refractivity (Wildman–Crippen MR) is 79.6 cm³/mol. The number of esters is 1. The number of ether oxygens (including phenoxy) is 1. The van der Waals surface area contributed by atoms with Crippen molar-refractivity contribution in [2.24, 2.45) is 0 Å². The summed E-state index contributed by atoms with van der Waals surface area (Å²) in [6.07, 6.45) is 0. The molecule has 0 fully saturated rings. The second-order valence-electron chi connectivity index (χ2n) is 4.77. The number of hydrogen-bond acceptors (Lipinski definition) is 5. The lowest BCUT2D eigenvalue weighted by atomic mass is 10.2. The standard InChI is InChI=1S/C13H16ClN3O2S/c1-5-19-13(18)10-7(2)9-11(14)15-8(6-17(3)4)16-12(9)20-10/h5-6H2,1-4H3/p+1. The van der Waals surface area contributed by atoms with Crippen LogP contribution in [0.25, 0.3) is 10.2 Å². The molecule has 0 atom stereocenters. The van der Waals surface area contributed by atoms with Crippen molar-refractivity contribution in [3.05, 3.63) is 21.4 Å². The molecule has 1 N–H and O–H groups in total. The lowest BCUT2D eigenvalue weighted by Gasteiger charge is -2.06. The van der Waals surface area contributed by atoms with E-state index in [0.717, 1.165) is 15.8 Å². The number of fused-ring (bicyclic) bond motifs is 1. The zero-order valence-corrected chi connectivity index (χ0v) is 13.5. The summed E-state index contributed by atoms with van der Waals surface area (Å²) in [4.78, 5) is 23.2. The number of nitrogens with zero attached hydrogens (tertiary/aromatic N) is 2. The van der Waals surface area contributed by atoms with Gasteiger partial charge in [0.25, 0.3) is 0 Å². The molecule has 0 aromatic carbocycles. The van der Waals surface area contributed by atoms with Crippen LogP contribution in [0.5, 0.6) is 0 Å². The fourth-order valence-electron chi connectivity index (χ4n) is 1.92. The zero-order chi connectivity index (χ0) is 14.9. The maximum Gasteiger partial charge on any atom is 0.348 e. The fraction of sp³-hybridized carbons (Fsp3) is 0.462. The SMILES string of the molecule is CCOC(=O)c1sc2nc(C[NH+](C)C)nc(Cl)c2c1C. The van der Waals surface area contributed by atoms with E-state index >= 15 is 0 Å². The number of aromatic nitrogens is 2. The van der Waals surface area contributed by atoms with E-state index in [9.17, 15) is 4.79 Å². The predicted octanol–water partition coefficient (Wildman–Crippen LogP) is 1.47. The van der Waals surface area contributed by atoms with Gasteiger partial charge in [-0.2, -0.15) is 0 Å². The quantitative estimate of drug-likeness (QED) is 0.686. The van der Waals surface area contributed by atoms with Gasteiger partial charge in [-0.25, -0.2) is 14.8 Å². The number of quaternary nitrogens is 1. The first kappa shape index (κ1) is 15.2. The van der Waals surface area contributed by atoms with Gasteiger partial charge in [-0.1, -0.05) is 11.6 Å². The van der Waals surface area contributed by atoms with Crippen molar-refractivity contribution < 1.29 is 14.4 Å². The Kier molecular flexibility index (Phi) is 4.57. The second-order valence-corrected chi connectivity index (χ2v) is 6.13. The number of halogens is 1. The van der Waals surface area contributed by atoms with Crippen LogP contribution in [0, 0.1) is 6.92 Å². The Bertz CT molecular complexity index is 655. The number of thiophene rings is 1. The second kappa shape index (κ2) is 6.03. The van der Waals surface area contributed by atoms with Gasteiger partial charge in [0.15, 0.2) is 5.82 Å². The van der Waals surface area contributed by atoms with Gasteiger partial charge >= 0.3 is 5.97 Å². The lowest BCUT2D eigenvalue weighted by molar-refractivity contribution is -0.873. The van der Waals surface area contributed by atoms with Crippen molar-refractivity contribution in [2.45, 2.75) is 20.4 Å². The molecule has 0 unspecified atom stereocenters. The summed E-state index contributed by atoms with van der Waals surface area (Å²) in [6.45, 7) is 4.66. The van der Waals surface area contributed by atoms with Crippen molar-refractivity contribution in [3.8, 4) is 0 Å². The highest BCUT2D eigenvalue weighted by atomic mass is 35.5. The molecule has 5 nitrogen and oxygen atoms in total. The summed E-state index contributed by atoms with van der Waals surface area (Å²) >= 11 is 7.55. The van der Waals surface area contributed by atoms with E-state index in [4.69, 9.17) is 16.3 Å². The highest BCUT2D eigenvalue weighted by Gasteiger charge is 2.21. The minimum Gasteiger partial charge on any atom is -0.462 e. The molecule has 0 aliphatic heterocycles.